The molecule has 2 rings (SSSR count). The lowest BCUT2D eigenvalue weighted by Crippen LogP contribution is -2.35. The molecule has 4 heteroatoms. The number of hydrogen-bond acceptors (Lipinski definition) is 2. The second-order valence-corrected chi connectivity index (χ2v) is 5.08. The number of benzene rings is 1. The van der Waals surface area contributed by atoms with Crippen LogP contribution in [0.5, 0.6) is 0 Å². The van der Waals surface area contributed by atoms with Crippen molar-refractivity contribution in [3.05, 3.63) is 35.4 Å². The fourth-order valence-corrected chi connectivity index (χ4v) is 2.37. The summed E-state index contributed by atoms with van der Waals surface area (Å²) in [5.41, 5.74) is 0.144. The molecule has 0 radical (unpaired) electrons. The third kappa shape index (κ3) is 3.50. The Hall–Kier alpha value is -1.00. The number of likely N-dealkylation sites (tertiary alicyclic amines) is 1. The zero-order chi connectivity index (χ0) is 13.0. The molecule has 0 aliphatic carbocycles. The first kappa shape index (κ1) is 13.4. The fourth-order valence-electron chi connectivity index (χ4n) is 2.37. The SMILES string of the molecule is CN1CCC(CNCc2c(F)cccc2F)CC1. The van der Waals surface area contributed by atoms with Crippen molar-refractivity contribution in [2.75, 3.05) is 26.7 Å². The van der Waals surface area contributed by atoms with Gasteiger partial charge in [-0.1, -0.05) is 6.07 Å². The summed E-state index contributed by atoms with van der Waals surface area (Å²) in [6.07, 6.45) is 2.31. The normalized spacial score (nSPS) is 18.2. The molecular formula is C14H20F2N2. The van der Waals surface area contributed by atoms with Crippen LogP contribution >= 0.6 is 0 Å². The molecule has 1 aliphatic rings. The highest BCUT2D eigenvalue weighted by atomic mass is 19.1. The maximum atomic E-state index is 13.4. The van der Waals surface area contributed by atoms with Crippen LogP contribution in [0.25, 0.3) is 0 Å². The van der Waals surface area contributed by atoms with Crippen LogP contribution in [0, 0.1) is 17.6 Å². The summed E-state index contributed by atoms with van der Waals surface area (Å²) in [6, 6.07) is 4.00. The van der Waals surface area contributed by atoms with Crippen molar-refractivity contribution in [3.63, 3.8) is 0 Å². The van der Waals surface area contributed by atoms with Crippen LogP contribution in [0.4, 0.5) is 8.78 Å². The molecule has 1 fully saturated rings. The minimum Gasteiger partial charge on any atom is -0.312 e. The Balaban J connectivity index is 1.78. The van der Waals surface area contributed by atoms with E-state index in [1.165, 1.54) is 18.2 Å². The summed E-state index contributed by atoms with van der Waals surface area (Å²) in [6.45, 7) is 3.33. The van der Waals surface area contributed by atoms with E-state index in [1.54, 1.807) is 0 Å². The van der Waals surface area contributed by atoms with Gasteiger partial charge in [0.05, 0.1) is 0 Å². The van der Waals surface area contributed by atoms with Crippen molar-refractivity contribution in [1.29, 1.82) is 0 Å². The quantitative estimate of drug-likeness (QED) is 0.887. The monoisotopic (exact) mass is 254 g/mol. The van der Waals surface area contributed by atoms with Gasteiger partial charge in [0.1, 0.15) is 11.6 Å². The predicted molar refractivity (Wildman–Crippen MR) is 68.3 cm³/mol. The van der Waals surface area contributed by atoms with Gasteiger partial charge in [-0.25, -0.2) is 8.78 Å². The molecule has 1 aromatic carbocycles. The highest BCUT2D eigenvalue weighted by molar-refractivity contribution is 5.19. The van der Waals surface area contributed by atoms with E-state index in [1.807, 2.05) is 0 Å². The molecule has 0 spiro atoms. The molecule has 1 saturated heterocycles. The minimum atomic E-state index is -0.467. The van der Waals surface area contributed by atoms with Crippen LogP contribution in [-0.2, 0) is 6.54 Å². The summed E-state index contributed by atoms with van der Waals surface area (Å²) in [5, 5.41) is 3.17. The third-order valence-electron chi connectivity index (χ3n) is 3.63. The van der Waals surface area contributed by atoms with Gasteiger partial charge in [0.15, 0.2) is 0 Å². The number of rotatable bonds is 4. The number of piperidine rings is 1. The molecular weight excluding hydrogens is 234 g/mol. The van der Waals surface area contributed by atoms with E-state index in [-0.39, 0.29) is 12.1 Å². The smallest absolute Gasteiger partial charge is 0.130 e. The van der Waals surface area contributed by atoms with Crippen molar-refractivity contribution in [3.8, 4) is 0 Å². The van der Waals surface area contributed by atoms with Gasteiger partial charge in [-0.15, -0.1) is 0 Å². The van der Waals surface area contributed by atoms with Crippen LogP contribution in [-0.4, -0.2) is 31.6 Å². The molecule has 1 aromatic rings. The molecule has 0 amide bonds. The van der Waals surface area contributed by atoms with Crippen molar-refractivity contribution in [2.24, 2.45) is 5.92 Å². The average Bonchev–Trinajstić information content (AvgIpc) is 2.35. The Morgan fingerprint density at radius 1 is 1.22 bits per heavy atom. The van der Waals surface area contributed by atoms with E-state index in [0.717, 1.165) is 32.5 Å². The van der Waals surface area contributed by atoms with Gasteiger partial charge in [0.25, 0.3) is 0 Å². The fraction of sp³-hybridized carbons (Fsp3) is 0.571. The van der Waals surface area contributed by atoms with Crippen molar-refractivity contribution >= 4 is 0 Å². The second-order valence-electron chi connectivity index (χ2n) is 5.08. The number of nitrogens with one attached hydrogen (secondary N) is 1. The van der Waals surface area contributed by atoms with E-state index < -0.39 is 11.6 Å². The molecule has 0 aromatic heterocycles. The molecule has 0 atom stereocenters. The van der Waals surface area contributed by atoms with Gasteiger partial charge in [-0.2, -0.15) is 0 Å². The Kier molecular flexibility index (Phi) is 4.66. The standard InChI is InChI=1S/C14H20F2N2/c1-18-7-5-11(6-8-18)9-17-10-12-13(15)3-2-4-14(12)16/h2-4,11,17H,5-10H2,1H3. The second kappa shape index (κ2) is 6.25. The Bertz CT molecular complexity index is 367. The van der Waals surface area contributed by atoms with Crippen molar-refractivity contribution < 1.29 is 8.78 Å². The Morgan fingerprint density at radius 3 is 2.44 bits per heavy atom. The molecule has 1 heterocycles. The highest BCUT2D eigenvalue weighted by Gasteiger charge is 2.16. The topological polar surface area (TPSA) is 15.3 Å². The van der Waals surface area contributed by atoms with E-state index in [2.05, 4.69) is 17.3 Å². The van der Waals surface area contributed by atoms with Crippen molar-refractivity contribution in [1.82, 2.24) is 10.2 Å². The summed E-state index contributed by atoms with van der Waals surface area (Å²) in [7, 11) is 2.12. The largest absolute Gasteiger partial charge is 0.312 e. The van der Waals surface area contributed by atoms with E-state index in [9.17, 15) is 8.78 Å². The third-order valence-corrected chi connectivity index (χ3v) is 3.63. The van der Waals surface area contributed by atoms with Crippen molar-refractivity contribution in [2.45, 2.75) is 19.4 Å². The Morgan fingerprint density at radius 2 is 1.83 bits per heavy atom. The minimum absolute atomic E-state index is 0.144. The van der Waals surface area contributed by atoms with Gasteiger partial charge in [0, 0.05) is 12.1 Å². The first-order chi connectivity index (χ1) is 8.66. The summed E-state index contributed by atoms with van der Waals surface area (Å²) in [4.78, 5) is 2.31. The average molecular weight is 254 g/mol. The van der Waals surface area contributed by atoms with Gasteiger partial charge in [0.2, 0.25) is 0 Å². The molecule has 1 aliphatic heterocycles. The summed E-state index contributed by atoms with van der Waals surface area (Å²) < 4.78 is 26.8. The maximum absolute atomic E-state index is 13.4. The van der Waals surface area contributed by atoms with E-state index >= 15 is 0 Å². The van der Waals surface area contributed by atoms with E-state index in [4.69, 9.17) is 0 Å². The molecule has 100 valence electrons. The molecule has 0 unspecified atom stereocenters. The zero-order valence-electron chi connectivity index (χ0n) is 10.8. The number of hydrogen-bond donors (Lipinski definition) is 1. The molecule has 18 heavy (non-hydrogen) atoms. The van der Waals surface area contributed by atoms with Gasteiger partial charge in [-0.05, 0) is 57.6 Å². The van der Waals surface area contributed by atoms with Crippen LogP contribution < -0.4 is 5.32 Å². The first-order valence-corrected chi connectivity index (χ1v) is 6.49. The van der Waals surface area contributed by atoms with Crippen LogP contribution in [0.15, 0.2) is 18.2 Å². The lowest BCUT2D eigenvalue weighted by atomic mass is 9.97. The summed E-state index contributed by atoms with van der Waals surface area (Å²) >= 11 is 0. The number of halogens is 2. The van der Waals surface area contributed by atoms with Crippen LogP contribution in [0.1, 0.15) is 18.4 Å². The first-order valence-electron chi connectivity index (χ1n) is 6.49. The lowest BCUT2D eigenvalue weighted by molar-refractivity contribution is 0.215. The summed E-state index contributed by atoms with van der Waals surface area (Å²) in [5.74, 6) is -0.312. The highest BCUT2D eigenvalue weighted by Crippen LogP contribution is 2.16. The molecule has 0 saturated carbocycles. The zero-order valence-corrected chi connectivity index (χ0v) is 10.8. The molecule has 2 nitrogen and oxygen atoms in total. The number of nitrogens with zero attached hydrogens (tertiary/aromatic N) is 1. The van der Waals surface area contributed by atoms with Gasteiger partial charge in [-0.3, -0.25) is 0 Å². The molecule has 1 N–H and O–H groups in total. The van der Waals surface area contributed by atoms with Gasteiger partial charge >= 0.3 is 0 Å². The Labute approximate surface area is 107 Å². The van der Waals surface area contributed by atoms with Crippen LogP contribution in [0.3, 0.4) is 0 Å². The molecule has 0 bridgehead atoms. The predicted octanol–water partition coefficient (Wildman–Crippen LogP) is 2.40. The van der Waals surface area contributed by atoms with Gasteiger partial charge < -0.3 is 10.2 Å². The maximum Gasteiger partial charge on any atom is 0.130 e. The van der Waals surface area contributed by atoms with Crippen LogP contribution in [0.2, 0.25) is 0 Å². The van der Waals surface area contributed by atoms with E-state index in [0.29, 0.717) is 5.92 Å². The lowest BCUT2D eigenvalue weighted by Gasteiger charge is -2.29.